The Labute approximate surface area is 332 Å². The van der Waals surface area contributed by atoms with E-state index in [4.69, 9.17) is 9.90 Å². The predicted octanol–water partition coefficient (Wildman–Crippen LogP) is 8.86. The lowest BCUT2D eigenvalue weighted by atomic mass is 9.83. The topological polar surface area (TPSA) is 115 Å². The summed E-state index contributed by atoms with van der Waals surface area (Å²) < 4.78 is 31.7. The number of hydrogen-bond acceptors (Lipinski definition) is 6. The van der Waals surface area contributed by atoms with E-state index in [1.807, 2.05) is 0 Å². The standard InChI is InChI=1S/C43H53N5O2.C2HF3O2/c49-42(45-30-13-9-28(10-14-30)22-25-47-38-17-18-39(47)33-6-2-1-5-32(33)38)36-21-24-44-27-37(36)43(50)46-31-15-11-29(12-16-31)23-26-48-40-19-20-41(48)35-8-4-3-7-34(35)40;3-2(4,5)1(6)7/h1-8,21,24,27-31,38-41H,9-20,22-23,25-26H2,(H,45,49)(H,46,50);(H,6,7)/t28?,29?,30?,31?,38-,39+,40-,41+;. The zero-order valence-corrected chi connectivity index (χ0v) is 32.4. The Balaban J connectivity index is 0.000000598. The van der Waals surface area contributed by atoms with Crippen LogP contribution in [-0.2, 0) is 4.79 Å². The van der Waals surface area contributed by atoms with Gasteiger partial charge in [0.25, 0.3) is 11.8 Å². The van der Waals surface area contributed by atoms with Gasteiger partial charge in [0.1, 0.15) is 0 Å². The molecule has 2 aromatic carbocycles. The first-order chi connectivity index (χ1) is 27.5. The fraction of sp³-hybridized carbons (Fsp3) is 0.556. The number of carbonyl (C=O) groups excluding carboxylic acids is 2. The molecule has 1 aromatic heterocycles. The molecule has 304 valence electrons. The number of hydrogen-bond donors (Lipinski definition) is 3. The van der Waals surface area contributed by atoms with Gasteiger partial charge in [-0.2, -0.15) is 13.2 Å². The number of carbonyl (C=O) groups is 3. The highest BCUT2D eigenvalue weighted by Crippen LogP contribution is 2.54. The molecular formula is C45H54F3N5O4. The van der Waals surface area contributed by atoms with E-state index in [9.17, 15) is 22.8 Å². The molecule has 9 nitrogen and oxygen atoms in total. The molecule has 4 fully saturated rings. The fourth-order valence-corrected chi connectivity index (χ4v) is 11.1. The minimum absolute atomic E-state index is 0.144. The fourth-order valence-electron chi connectivity index (χ4n) is 11.1. The lowest BCUT2D eigenvalue weighted by molar-refractivity contribution is -0.192. The molecule has 12 heteroatoms. The number of aliphatic carboxylic acids is 1. The van der Waals surface area contributed by atoms with Crippen molar-refractivity contribution in [1.82, 2.24) is 25.4 Å². The summed E-state index contributed by atoms with van der Waals surface area (Å²) in [6.45, 7) is 2.35. The molecule has 2 amide bonds. The van der Waals surface area contributed by atoms with Gasteiger partial charge in [0.15, 0.2) is 0 Å². The van der Waals surface area contributed by atoms with Crippen LogP contribution in [0, 0.1) is 11.8 Å². The van der Waals surface area contributed by atoms with Crippen molar-refractivity contribution in [2.24, 2.45) is 11.8 Å². The first kappa shape index (κ1) is 39.5. The van der Waals surface area contributed by atoms with Gasteiger partial charge in [0, 0.05) is 48.6 Å². The summed E-state index contributed by atoms with van der Waals surface area (Å²) in [7, 11) is 0. The van der Waals surface area contributed by atoms with Crippen molar-refractivity contribution >= 4 is 17.8 Å². The molecule has 0 spiro atoms. The van der Waals surface area contributed by atoms with Gasteiger partial charge in [-0.25, -0.2) is 4.79 Å². The van der Waals surface area contributed by atoms with Crippen LogP contribution in [0.2, 0.25) is 0 Å². The molecule has 57 heavy (non-hydrogen) atoms. The second-order valence-electron chi connectivity index (χ2n) is 17.1. The van der Waals surface area contributed by atoms with E-state index < -0.39 is 12.1 Å². The maximum Gasteiger partial charge on any atom is 0.490 e. The van der Waals surface area contributed by atoms with E-state index in [0.29, 0.717) is 41.2 Å². The number of rotatable bonds is 10. The van der Waals surface area contributed by atoms with Gasteiger partial charge in [-0.15, -0.1) is 0 Å². The minimum atomic E-state index is -5.08. The van der Waals surface area contributed by atoms with Gasteiger partial charge in [0.05, 0.1) is 11.1 Å². The molecular weight excluding hydrogens is 732 g/mol. The Hall–Kier alpha value is -4.29. The first-order valence-corrected chi connectivity index (χ1v) is 21.1. The Morgan fingerprint density at radius 3 is 1.33 bits per heavy atom. The molecule has 0 unspecified atom stereocenters. The maximum atomic E-state index is 13.5. The summed E-state index contributed by atoms with van der Waals surface area (Å²) in [5.41, 5.74) is 7.09. The van der Waals surface area contributed by atoms with Crippen molar-refractivity contribution in [3.05, 3.63) is 100 Å². The number of amides is 2. The average Bonchev–Trinajstić information content (AvgIpc) is 3.98. The average molecular weight is 786 g/mol. The zero-order chi connectivity index (χ0) is 39.7. The van der Waals surface area contributed by atoms with Gasteiger partial charge in [-0.05, 0) is 143 Å². The van der Waals surface area contributed by atoms with Gasteiger partial charge >= 0.3 is 12.1 Å². The number of aromatic nitrogens is 1. The number of carboxylic acids is 1. The highest BCUT2D eigenvalue weighted by Gasteiger charge is 2.44. The number of benzene rings is 2. The van der Waals surface area contributed by atoms with Crippen LogP contribution in [-0.4, -0.2) is 69.0 Å². The molecule has 2 saturated heterocycles. The lowest BCUT2D eigenvalue weighted by Gasteiger charge is -2.32. The SMILES string of the molecule is O=C(NC1CCC(CCN2[C@@H]3CC[C@H]2c2ccccc23)CC1)c1ccncc1C(=O)NC1CCC(CCN2[C@@H]3CC[C@H]2c2ccccc23)CC1.O=C(O)C(F)(F)F. The second kappa shape index (κ2) is 16.9. The van der Waals surface area contributed by atoms with Crippen LogP contribution in [0.4, 0.5) is 13.2 Å². The van der Waals surface area contributed by atoms with E-state index in [-0.39, 0.29) is 23.9 Å². The van der Waals surface area contributed by atoms with E-state index >= 15 is 0 Å². The van der Waals surface area contributed by atoms with Crippen molar-refractivity contribution in [3.63, 3.8) is 0 Å². The van der Waals surface area contributed by atoms with Crippen molar-refractivity contribution in [1.29, 1.82) is 0 Å². The molecule has 9 rings (SSSR count). The molecule has 2 aliphatic carbocycles. The number of carboxylic acid groups (broad SMARTS) is 1. The van der Waals surface area contributed by atoms with Crippen molar-refractivity contribution in [2.45, 2.75) is 132 Å². The number of alkyl halides is 3. The van der Waals surface area contributed by atoms with Crippen LogP contribution < -0.4 is 10.6 Å². The molecule has 4 bridgehead atoms. The smallest absolute Gasteiger partial charge is 0.475 e. The third-order valence-corrected chi connectivity index (χ3v) is 14.0. The number of nitrogens with one attached hydrogen (secondary N) is 2. The van der Waals surface area contributed by atoms with Crippen LogP contribution >= 0.6 is 0 Å². The third-order valence-electron chi connectivity index (χ3n) is 14.0. The zero-order valence-electron chi connectivity index (χ0n) is 32.4. The van der Waals surface area contributed by atoms with Crippen molar-refractivity contribution < 1.29 is 32.7 Å². The maximum absolute atomic E-state index is 13.5. The summed E-state index contributed by atoms with van der Waals surface area (Å²) in [5.74, 6) is -1.63. The summed E-state index contributed by atoms with van der Waals surface area (Å²) in [5, 5.41) is 13.7. The monoisotopic (exact) mass is 785 g/mol. The highest BCUT2D eigenvalue weighted by atomic mass is 19.4. The Bertz CT molecular complexity index is 1740. The van der Waals surface area contributed by atoms with Crippen LogP contribution in [0.5, 0.6) is 0 Å². The molecule has 3 aromatic rings. The Kier molecular flexibility index (Phi) is 11.7. The molecule has 4 atom stereocenters. The summed E-state index contributed by atoms with van der Waals surface area (Å²) in [4.78, 5) is 45.7. The summed E-state index contributed by atoms with van der Waals surface area (Å²) in [6.07, 6.45) is 14.4. The van der Waals surface area contributed by atoms with Crippen LogP contribution in [0.3, 0.4) is 0 Å². The summed E-state index contributed by atoms with van der Waals surface area (Å²) >= 11 is 0. The van der Waals surface area contributed by atoms with Crippen LogP contribution in [0.15, 0.2) is 67.0 Å². The lowest BCUT2D eigenvalue weighted by Crippen LogP contribution is -2.41. The van der Waals surface area contributed by atoms with E-state index in [1.165, 1.54) is 51.6 Å². The molecule has 4 aliphatic heterocycles. The molecule has 3 N–H and O–H groups in total. The summed E-state index contributed by atoms with van der Waals surface area (Å²) in [6, 6.07) is 22.6. The van der Waals surface area contributed by atoms with Gasteiger partial charge in [-0.3, -0.25) is 24.4 Å². The quantitative estimate of drug-likeness (QED) is 0.188. The van der Waals surface area contributed by atoms with Gasteiger partial charge in [0.2, 0.25) is 0 Å². The minimum Gasteiger partial charge on any atom is -0.475 e. The highest BCUT2D eigenvalue weighted by molar-refractivity contribution is 6.07. The van der Waals surface area contributed by atoms with E-state index in [2.05, 4.69) is 73.9 Å². The van der Waals surface area contributed by atoms with Gasteiger partial charge < -0.3 is 15.7 Å². The number of halogens is 3. The third kappa shape index (κ3) is 8.49. The number of pyridine rings is 1. The second-order valence-corrected chi connectivity index (χ2v) is 17.1. The molecule has 5 heterocycles. The largest absolute Gasteiger partial charge is 0.490 e. The number of nitrogens with zero attached hydrogens (tertiary/aromatic N) is 3. The van der Waals surface area contributed by atoms with Crippen LogP contribution in [0.1, 0.15) is 157 Å². The van der Waals surface area contributed by atoms with E-state index in [0.717, 1.165) is 57.3 Å². The first-order valence-electron chi connectivity index (χ1n) is 21.1. The normalized spacial score (nSPS) is 28.9. The molecule has 6 aliphatic rings. The van der Waals surface area contributed by atoms with Crippen LogP contribution in [0.25, 0.3) is 0 Å². The predicted molar refractivity (Wildman–Crippen MR) is 209 cm³/mol. The number of fused-ring (bicyclic) bond motifs is 10. The van der Waals surface area contributed by atoms with E-state index in [1.54, 1.807) is 40.7 Å². The van der Waals surface area contributed by atoms with Gasteiger partial charge in [-0.1, -0.05) is 48.5 Å². The Morgan fingerprint density at radius 2 is 0.965 bits per heavy atom. The Morgan fingerprint density at radius 1 is 0.596 bits per heavy atom. The molecule has 2 saturated carbocycles. The van der Waals surface area contributed by atoms with Crippen molar-refractivity contribution in [2.75, 3.05) is 13.1 Å². The van der Waals surface area contributed by atoms with Crippen molar-refractivity contribution in [3.8, 4) is 0 Å². The molecule has 0 radical (unpaired) electrons.